The molecule has 0 aromatic rings. The number of aliphatic hydroxyl groups excluding tert-OH is 1. The van der Waals surface area contributed by atoms with E-state index in [2.05, 4.69) is 5.32 Å². The Hall–Kier alpha value is -1.43. The Labute approximate surface area is 119 Å². The first-order chi connectivity index (χ1) is 9.04. The van der Waals surface area contributed by atoms with Gasteiger partial charge < -0.3 is 15.3 Å². The molecule has 1 aliphatic rings. The maximum Gasteiger partial charge on any atom is 0.246 e. The quantitative estimate of drug-likeness (QED) is 0.769. The van der Waals surface area contributed by atoms with Gasteiger partial charge in [0.15, 0.2) is 5.78 Å². The number of likely N-dealkylation sites (tertiary alicyclic amines) is 1. The zero-order valence-corrected chi connectivity index (χ0v) is 12.8. The second-order valence-corrected chi connectivity index (χ2v) is 6.51. The lowest BCUT2D eigenvalue weighted by Crippen LogP contribution is -2.56. The Morgan fingerprint density at radius 3 is 2.20 bits per heavy atom. The number of β-amino-alcohol motifs (C(OH)–C–C–N with tert-alkyl or cyclic N) is 1. The fraction of sp³-hybridized carbons (Fsp3) is 0.786. The van der Waals surface area contributed by atoms with Crippen molar-refractivity contribution in [2.45, 2.75) is 59.2 Å². The van der Waals surface area contributed by atoms with Crippen LogP contribution < -0.4 is 5.32 Å². The minimum Gasteiger partial charge on any atom is -0.391 e. The number of nitrogens with one attached hydrogen (secondary N) is 1. The Balaban J connectivity index is 2.99. The van der Waals surface area contributed by atoms with Crippen LogP contribution in [0.15, 0.2) is 0 Å². The number of hydrogen-bond donors (Lipinski definition) is 2. The molecule has 1 heterocycles. The summed E-state index contributed by atoms with van der Waals surface area (Å²) in [4.78, 5) is 36.9. The Morgan fingerprint density at radius 1 is 1.25 bits per heavy atom. The SMILES string of the molecule is CC(=O)NC(C(=O)N1C[C@H](O)C[C@H]1C(C)=O)C(C)(C)C. The Bertz CT molecular complexity index is 414. The number of carbonyl (C=O) groups is 3. The molecule has 1 rings (SSSR count). The average Bonchev–Trinajstić information content (AvgIpc) is 2.65. The molecule has 0 aromatic heterocycles. The molecule has 0 aliphatic carbocycles. The van der Waals surface area contributed by atoms with Gasteiger partial charge >= 0.3 is 0 Å². The molecule has 2 amide bonds. The molecule has 0 bridgehead atoms. The molecule has 0 aromatic carbocycles. The smallest absolute Gasteiger partial charge is 0.246 e. The number of hydrogen-bond acceptors (Lipinski definition) is 4. The van der Waals surface area contributed by atoms with E-state index in [1.54, 1.807) is 0 Å². The molecule has 3 atom stereocenters. The van der Waals surface area contributed by atoms with Gasteiger partial charge in [-0.3, -0.25) is 14.4 Å². The van der Waals surface area contributed by atoms with Crippen molar-refractivity contribution in [1.29, 1.82) is 0 Å². The van der Waals surface area contributed by atoms with Crippen molar-refractivity contribution < 1.29 is 19.5 Å². The molecule has 0 saturated carbocycles. The van der Waals surface area contributed by atoms with E-state index in [9.17, 15) is 19.5 Å². The van der Waals surface area contributed by atoms with Gasteiger partial charge in [-0.2, -0.15) is 0 Å². The highest BCUT2D eigenvalue weighted by atomic mass is 16.3. The second kappa shape index (κ2) is 5.91. The van der Waals surface area contributed by atoms with E-state index in [1.165, 1.54) is 18.7 Å². The molecule has 1 saturated heterocycles. The molecule has 0 spiro atoms. The van der Waals surface area contributed by atoms with Gasteiger partial charge in [-0.05, 0) is 12.3 Å². The predicted octanol–water partition coefficient (Wildman–Crippen LogP) is 0.0880. The first-order valence-corrected chi connectivity index (χ1v) is 6.80. The maximum atomic E-state index is 12.6. The van der Waals surface area contributed by atoms with E-state index in [0.29, 0.717) is 0 Å². The summed E-state index contributed by atoms with van der Waals surface area (Å²) in [6.45, 7) is 8.44. The van der Waals surface area contributed by atoms with Gasteiger partial charge in [0.25, 0.3) is 0 Å². The fourth-order valence-electron chi connectivity index (χ4n) is 2.46. The van der Waals surface area contributed by atoms with Gasteiger partial charge in [-0.25, -0.2) is 0 Å². The molecule has 1 aliphatic heterocycles. The third-order valence-electron chi connectivity index (χ3n) is 3.49. The van der Waals surface area contributed by atoms with E-state index in [-0.39, 0.29) is 30.6 Å². The van der Waals surface area contributed by atoms with Crippen molar-refractivity contribution in [1.82, 2.24) is 10.2 Å². The molecular weight excluding hydrogens is 260 g/mol. The van der Waals surface area contributed by atoms with Crippen LogP contribution in [0.4, 0.5) is 0 Å². The van der Waals surface area contributed by atoms with Crippen LogP contribution in [0.3, 0.4) is 0 Å². The van der Waals surface area contributed by atoms with Gasteiger partial charge in [0.1, 0.15) is 6.04 Å². The van der Waals surface area contributed by atoms with Crippen LogP contribution in [0.1, 0.15) is 41.0 Å². The molecule has 1 unspecified atom stereocenters. The zero-order valence-electron chi connectivity index (χ0n) is 12.8. The van der Waals surface area contributed by atoms with Crippen LogP contribution in [-0.4, -0.2) is 52.3 Å². The summed E-state index contributed by atoms with van der Waals surface area (Å²) in [5, 5.41) is 12.3. The van der Waals surface area contributed by atoms with Crippen molar-refractivity contribution in [2.75, 3.05) is 6.54 Å². The number of amides is 2. The number of nitrogens with zero attached hydrogens (tertiary/aromatic N) is 1. The molecule has 20 heavy (non-hydrogen) atoms. The van der Waals surface area contributed by atoms with Gasteiger partial charge in [0.2, 0.25) is 11.8 Å². The van der Waals surface area contributed by atoms with E-state index >= 15 is 0 Å². The summed E-state index contributed by atoms with van der Waals surface area (Å²) in [7, 11) is 0. The van der Waals surface area contributed by atoms with Crippen molar-refractivity contribution >= 4 is 17.6 Å². The van der Waals surface area contributed by atoms with Gasteiger partial charge in [0.05, 0.1) is 12.1 Å². The highest BCUT2D eigenvalue weighted by molar-refractivity contribution is 5.92. The molecule has 6 nitrogen and oxygen atoms in total. The molecular formula is C14H24N2O4. The summed E-state index contributed by atoms with van der Waals surface area (Å²) in [6, 6.07) is -1.32. The number of Topliss-reactive ketones (excluding diaryl/α,β-unsaturated/α-hetero) is 1. The van der Waals surface area contributed by atoms with Crippen LogP contribution in [0.25, 0.3) is 0 Å². The first kappa shape index (κ1) is 16.6. The first-order valence-electron chi connectivity index (χ1n) is 6.80. The van der Waals surface area contributed by atoms with Crippen molar-refractivity contribution in [3.8, 4) is 0 Å². The summed E-state index contributed by atoms with van der Waals surface area (Å²) >= 11 is 0. The molecule has 2 N–H and O–H groups in total. The van der Waals surface area contributed by atoms with Crippen LogP contribution >= 0.6 is 0 Å². The molecule has 114 valence electrons. The lowest BCUT2D eigenvalue weighted by molar-refractivity contribution is -0.142. The number of carbonyl (C=O) groups excluding carboxylic acids is 3. The lowest BCUT2D eigenvalue weighted by Gasteiger charge is -2.34. The number of ketones is 1. The van der Waals surface area contributed by atoms with Crippen molar-refractivity contribution in [2.24, 2.45) is 5.41 Å². The van der Waals surface area contributed by atoms with Crippen LogP contribution in [0.5, 0.6) is 0 Å². The van der Waals surface area contributed by atoms with Crippen LogP contribution in [0.2, 0.25) is 0 Å². The van der Waals surface area contributed by atoms with Gasteiger partial charge in [0, 0.05) is 19.9 Å². The number of rotatable bonds is 3. The largest absolute Gasteiger partial charge is 0.391 e. The molecule has 0 radical (unpaired) electrons. The highest BCUT2D eigenvalue weighted by Gasteiger charge is 2.43. The fourth-order valence-corrected chi connectivity index (χ4v) is 2.46. The minimum atomic E-state index is -0.716. The minimum absolute atomic E-state index is 0.134. The molecule has 6 heteroatoms. The molecule has 1 fully saturated rings. The van der Waals surface area contributed by atoms with Gasteiger partial charge in [-0.15, -0.1) is 0 Å². The third kappa shape index (κ3) is 3.79. The van der Waals surface area contributed by atoms with E-state index in [4.69, 9.17) is 0 Å². The third-order valence-corrected chi connectivity index (χ3v) is 3.49. The van der Waals surface area contributed by atoms with Gasteiger partial charge in [-0.1, -0.05) is 20.8 Å². The summed E-state index contributed by atoms with van der Waals surface area (Å²) < 4.78 is 0. The van der Waals surface area contributed by atoms with E-state index in [1.807, 2.05) is 20.8 Å². The predicted molar refractivity (Wildman–Crippen MR) is 73.9 cm³/mol. The Morgan fingerprint density at radius 2 is 1.80 bits per heavy atom. The normalized spacial score (nSPS) is 24.4. The van der Waals surface area contributed by atoms with Crippen LogP contribution in [-0.2, 0) is 14.4 Å². The number of aliphatic hydroxyl groups is 1. The zero-order chi connectivity index (χ0) is 15.7. The summed E-state index contributed by atoms with van der Waals surface area (Å²) in [5.41, 5.74) is -0.475. The van der Waals surface area contributed by atoms with Crippen LogP contribution in [0, 0.1) is 5.41 Å². The maximum absolute atomic E-state index is 12.6. The van der Waals surface area contributed by atoms with E-state index < -0.39 is 23.6 Å². The Kier molecular flexibility index (Phi) is 4.91. The topological polar surface area (TPSA) is 86.7 Å². The van der Waals surface area contributed by atoms with Crippen molar-refractivity contribution in [3.05, 3.63) is 0 Å². The second-order valence-electron chi connectivity index (χ2n) is 6.51. The summed E-state index contributed by atoms with van der Waals surface area (Å²) in [5.74, 6) is -0.757. The summed E-state index contributed by atoms with van der Waals surface area (Å²) in [6.07, 6.45) is -0.427. The van der Waals surface area contributed by atoms with Crippen molar-refractivity contribution in [3.63, 3.8) is 0 Å². The standard InChI is InChI=1S/C14H24N2O4/c1-8(17)11-6-10(19)7-16(11)13(20)12(14(3,4)5)15-9(2)18/h10-12,19H,6-7H2,1-5H3,(H,15,18)/t10-,11+,12?/m1/s1. The van der Waals surface area contributed by atoms with E-state index in [0.717, 1.165) is 0 Å². The highest BCUT2D eigenvalue weighted by Crippen LogP contribution is 2.26. The lowest BCUT2D eigenvalue weighted by atomic mass is 9.85. The monoisotopic (exact) mass is 284 g/mol. The average molecular weight is 284 g/mol.